The molecule has 1 fully saturated rings. The van der Waals surface area contributed by atoms with Crippen LogP contribution in [0.3, 0.4) is 0 Å². The van der Waals surface area contributed by atoms with Gasteiger partial charge in [-0.15, -0.1) is 0 Å². The zero-order valence-corrected chi connectivity index (χ0v) is 12.9. The van der Waals surface area contributed by atoms with Crippen molar-refractivity contribution in [3.63, 3.8) is 0 Å². The highest BCUT2D eigenvalue weighted by molar-refractivity contribution is 5.97. The number of hydrogen-bond acceptors (Lipinski definition) is 6. The van der Waals surface area contributed by atoms with Crippen molar-refractivity contribution in [2.45, 2.75) is 0 Å². The minimum absolute atomic E-state index is 0.0900. The molecule has 0 bridgehead atoms. The zero-order chi connectivity index (χ0) is 16.2. The summed E-state index contributed by atoms with van der Waals surface area (Å²) >= 11 is 0. The number of nitriles is 1. The van der Waals surface area contributed by atoms with Crippen LogP contribution in [0.5, 0.6) is 11.5 Å². The van der Waals surface area contributed by atoms with E-state index in [4.69, 9.17) is 9.47 Å². The Labute approximate surface area is 134 Å². The van der Waals surface area contributed by atoms with E-state index in [2.05, 4.69) is 10.2 Å². The van der Waals surface area contributed by atoms with E-state index >= 15 is 0 Å². The Morgan fingerprint density at radius 2 is 2.00 bits per heavy atom. The third-order valence-corrected chi connectivity index (χ3v) is 3.90. The number of ether oxygens (including phenoxy) is 2. The van der Waals surface area contributed by atoms with E-state index in [1.165, 1.54) is 6.20 Å². The number of nitrogens with one attached hydrogen (secondary N) is 1. The Morgan fingerprint density at radius 3 is 2.74 bits per heavy atom. The second-order valence-corrected chi connectivity index (χ2v) is 5.48. The maximum atomic E-state index is 12.4. The minimum atomic E-state index is -0.242. The first-order valence-corrected chi connectivity index (χ1v) is 7.41. The lowest BCUT2D eigenvalue weighted by Crippen LogP contribution is -2.47. The molecule has 3 rings (SSSR count). The van der Waals surface area contributed by atoms with E-state index in [1.54, 1.807) is 23.1 Å². The van der Waals surface area contributed by atoms with Gasteiger partial charge < -0.3 is 24.6 Å². The summed E-state index contributed by atoms with van der Waals surface area (Å²) < 4.78 is 10.5. The summed E-state index contributed by atoms with van der Waals surface area (Å²) in [5, 5.41) is 12.2. The van der Waals surface area contributed by atoms with Crippen molar-refractivity contribution in [3.8, 4) is 17.6 Å². The molecule has 120 valence electrons. The van der Waals surface area contributed by atoms with Crippen molar-refractivity contribution in [2.75, 3.05) is 45.3 Å². The van der Waals surface area contributed by atoms with Gasteiger partial charge in [0, 0.05) is 44.1 Å². The quantitative estimate of drug-likeness (QED) is 0.663. The van der Waals surface area contributed by atoms with Crippen LogP contribution in [0.1, 0.15) is 0 Å². The van der Waals surface area contributed by atoms with Crippen LogP contribution < -0.4 is 14.8 Å². The largest absolute Gasteiger partial charge is 0.454 e. The molecule has 0 aliphatic carbocycles. The summed E-state index contributed by atoms with van der Waals surface area (Å²) in [7, 11) is 2.02. The van der Waals surface area contributed by atoms with Crippen LogP contribution in [-0.2, 0) is 4.79 Å². The Bertz CT molecular complexity index is 672. The van der Waals surface area contributed by atoms with Gasteiger partial charge in [0.1, 0.15) is 11.6 Å². The molecule has 0 aromatic heterocycles. The minimum Gasteiger partial charge on any atom is -0.454 e. The Kier molecular flexibility index (Phi) is 4.35. The van der Waals surface area contributed by atoms with Crippen LogP contribution in [-0.4, -0.2) is 55.7 Å². The number of piperazine rings is 1. The fourth-order valence-electron chi connectivity index (χ4n) is 2.46. The number of amides is 1. The summed E-state index contributed by atoms with van der Waals surface area (Å²) in [6, 6.07) is 7.33. The van der Waals surface area contributed by atoms with Gasteiger partial charge in [-0.2, -0.15) is 5.26 Å². The third-order valence-electron chi connectivity index (χ3n) is 3.90. The number of likely N-dealkylation sites (N-methyl/N-ethyl adjacent to an activating group) is 1. The molecule has 0 saturated carbocycles. The van der Waals surface area contributed by atoms with Gasteiger partial charge in [-0.3, -0.25) is 4.79 Å². The molecule has 23 heavy (non-hydrogen) atoms. The van der Waals surface area contributed by atoms with E-state index < -0.39 is 0 Å². The van der Waals surface area contributed by atoms with Gasteiger partial charge >= 0.3 is 0 Å². The number of fused-ring (bicyclic) bond motifs is 1. The fourth-order valence-corrected chi connectivity index (χ4v) is 2.46. The van der Waals surface area contributed by atoms with Crippen molar-refractivity contribution in [3.05, 3.63) is 30.0 Å². The summed E-state index contributed by atoms with van der Waals surface area (Å²) in [5.41, 5.74) is 0.820. The number of anilines is 1. The number of hydrogen-bond donors (Lipinski definition) is 1. The zero-order valence-electron chi connectivity index (χ0n) is 12.9. The molecule has 0 spiro atoms. The van der Waals surface area contributed by atoms with Gasteiger partial charge in [0.25, 0.3) is 5.91 Å². The van der Waals surface area contributed by atoms with E-state index in [9.17, 15) is 10.1 Å². The summed E-state index contributed by atoms with van der Waals surface area (Å²) in [4.78, 5) is 16.2. The Morgan fingerprint density at radius 1 is 1.26 bits per heavy atom. The Hall–Kier alpha value is -2.72. The number of carbonyl (C=O) groups is 1. The van der Waals surface area contributed by atoms with Crippen molar-refractivity contribution < 1.29 is 14.3 Å². The van der Waals surface area contributed by atoms with Crippen molar-refractivity contribution in [2.24, 2.45) is 0 Å². The van der Waals surface area contributed by atoms with Crippen LogP contribution in [0, 0.1) is 11.3 Å². The maximum Gasteiger partial charge on any atom is 0.266 e. The smallest absolute Gasteiger partial charge is 0.266 e. The average molecular weight is 314 g/mol. The lowest BCUT2D eigenvalue weighted by atomic mass is 10.2. The number of rotatable bonds is 3. The second-order valence-electron chi connectivity index (χ2n) is 5.48. The molecule has 7 heteroatoms. The fraction of sp³-hybridized carbons (Fsp3) is 0.375. The van der Waals surface area contributed by atoms with Crippen LogP contribution in [0.2, 0.25) is 0 Å². The molecule has 2 aliphatic heterocycles. The molecule has 2 aliphatic rings. The Balaban J connectivity index is 1.67. The van der Waals surface area contributed by atoms with Crippen LogP contribution >= 0.6 is 0 Å². The number of carbonyl (C=O) groups excluding carboxylic acids is 1. The molecule has 1 N–H and O–H groups in total. The van der Waals surface area contributed by atoms with Crippen LogP contribution in [0.25, 0.3) is 0 Å². The first kappa shape index (κ1) is 15.2. The number of nitrogens with zero attached hydrogens (tertiary/aromatic N) is 3. The highest BCUT2D eigenvalue weighted by Crippen LogP contribution is 2.34. The summed E-state index contributed by atoms with van der Waals surface area (Å²) in [6.45, 7) is 3.12. The summed E-state index contributed by atoms with van der Waals surface area (Å²) in [6.07, 6.45) is 1.44. The third kappa shape index (κ3) is 3.38. The highest BCUT2D eigenvalue weighted by Gasteiger charge is 2.22. The molecular formula is C16H18N4O3. The van der Waals surface area contributed by atoms with Crippen molar-refractivity contribution >= 4 is 11.6 Å². The first-order chi connectivity index (χ1) is 11.2. The normalized spacial score (nSPS) is 17.7. The molecule has 2 heterocycles. The SMILES string of the molecule is CN1CCN(C(=O)/C(C#N)=C\Nc2ccc3c(c2)OCO3)CC1. The molecule has 1 aromatic rings. The molecular weight excluding hydrogens is 296 g/mol. The average Bonchev–Trinajstić information content (AvgIpc) is 3.03. The standard InChI is InChI=1S/C16H18N4O3/c1-19-4-6-20(7-5-19)16(21)12(9-17)10-18-13-2-3-14-15(8-13)23-11-22-14/h2-3,8,10,18H,4-7,11H2,1H3/b12-10-. The lowest BCUT2D eigenvalue weighted by Gasteiger charge is -2.32. The van der Waals surface area contributed by atoms with Gasteiger partial charge in [-0.05, 0) is 19.2 Å². The van der Waals surface area contributed by atoms with Crippen LogP contribution in [0.15, 0.2) is 30.0 Å². The van der Waals surface area contributed by atoms with Crippen LogP contribution in [0.4, 0.5) is 5.69 Å². The molecule has 1 aromatic carbocycles. The predicted octanol–water partition coefficient (Wildman–Crippen LogP) is 1.01. The molecule has 0 unspecified atom stereocenters. The highest BCUT2D eigenvalue weighted by atomic mass is 16.7. The van der Waals surface area contributed by atoms with E-state index in [-0.39, 0.29) is 18.3 Å². The van der Waals surface area contributed by atoms with Crippen molar-refractivity contribution in [1.29, 1.82) is 5.26 Å². The second kappa shape index (κ2) is 6.58. The van der Waals surface area contributed by atoms with Gasteiger partial charge in [0.15, 0.2) is 11.5 Å². The van der Waals surface area contributed by atoms with Crippen molar-refractivity contribution in [1.82, 2.24) is 9.80 Å². The number of benzene rings is 1. The monoisotopic (exact) mass is 314 g/mol. The predicted molar refractivity (Wildman–Crippen MR) is 84.0 cm³/mol. The van der Waals surface area contributed by atoms with E-state index in [0.717, 1.165) is 18.8 Å². The van der Waals surface area contributed by atoms with E-state index in [0.29, 0.717) is 24.6 Å². The van der Waals surface area contributed by atoms with Gasteiger partial charge in [0.2, 0.25) is 6.79 Å². The summed E-state index contributed by atoms with van der Waals surface area (Å²) in [5.74, 6) is 1.09. The topological polar surface area (TPSA) is 77.8 Å². The molecule has 1 saturated heterocycles. The maximum absolute atomic E-state index is 12.4. The lowest BCUT2D eigenvalue weighted by molar-refractivity contribution is -0.128. The van der Waals surface area contributed by atoms with Gasteiger partial charge in [0.05, 0.1) is 0 Å². The molecule has 7 nitrogen and oxygen atoms in total. The van der Waals surface area contributed by atoms with Gasteiger partial charge in [-0.25, -0.2) is 0 Å². The molecule has 1 amide bonds. The first-order valence-electron chi connectivity index (χ1n) is 7.41. The molecule has 0 atom stereocenters. The molecule has 0 radical (unpaired) electrons. The van der Waals surface area contributed by atoms with Gasteiger partial charge in [-0.1, -0.05) is 0 Å². The van der Waals surface area contributed by atoms with E-state index in [1.807, 2.05) is 13.1 Å².